The van der Waals surface area contributed by atoms with Gasteiger partial charge in [0.15, 0.2) is 0 Å². The van der Waals surface area contributed by atoms with Crippen molar-refractivity contribution in [2.45, 2.75) is 0 Å². The molecule has 4 nitrogen and oxygen atoms in total. The number of nitrogens with one attached hydrogen (secondary N) is 2. The van der Waals surface area contributed by atoms with E-state index in [0.717, 1.165) is 71.3 Å². The van der Waals surface area contributed by atoms with Crippen LogP contribution >= 0.6 is 191 Å². The van der Waals surface area contributed by atoms with Crippen LogP contribution in [0.4, 0.5) is 0 Å². The Labute approximate surface area is 304 Å². The maximum atomic E-state index is 4.94. The van der Waals surface area contributed by atoms with Gasteiger partial charge in [0.25, 0.3) is 0 Å². The molecule has 0 aliphatic carbocycles. The van der Waals surface area contributed by atoms with Gasteiger partial charge in [-0.3, -0.25) is 0 Å². The molecule has 5 rings (SSSR count). The van der Waals surface area contributed by atoms with E-state index in [0.29, 0.717) is 27.2 Å². The molecule has 0 spiro atoms. The number of nitrogens with zero attached hydrogens (tertiary/aromatic N) is 2. The highest BCUT2D eigenvalue weighted by molar-refractivity contribution is 9.19. The minimum atomic E-state index is 0.690. The lowest BCUT2D eigenvalue weighted by Crippen LogP contribution is -1.86. The highest BCUT2D eigenvalue weighted by Crippen LogP contribution is 2.50. The van der Waals surface area contributed by atoms with Crippen molar-refractivity contribution < 1.29 is 0 Å². The van der Waals surface area contributed by atoms with Gasteiger partial charge < -0.3 is 9.97 Å². The Hall–Kier alpha value is 2.36. The third kappa shape index (κ3) is 4.70. The standard InChI is InChI=1S/C20H2Br12N4/c21-1-2(22)14-10(30)16-5(25)6(26)18(35-16)12(32)20-8(28)7(27)19(36-20)11(31)17-4(24)3(23)15(34-17)9(29)13(1)33-14/h33-34H. The summed E-state index contributed by atoms with van der Waals surface area (Å²) >= 11 is 44.8. The normalized spacial score (nSPS) is 13.9. The molecular formula is C20H2Br12N4. The molecule has 16 heteroatoms. The van der Waals surface area contributed by atoms with Gasteiger partial charge in [-0.2, -0.15) is 0 Å². The molecule has 2 aliphatic rings. The molecule has 3 aromatic heterocycles. The second-order valence-electron chi connectivity index (χ2n) is 7.14. The molecule has 2 N–H and O–H groups in total. The molecule has 186 valence electrons. The Kier molecular flexibility index (Phi) is 9.30. The zero-order chi connectivity index (χ0) is 26.4. The summed E-state index contributed by atoms with van der Waals surface area (Å²) in [5.41, 5.74) is 6.06. The first-order chi connectivity index (χ1) is 16.9. The third-order valence-corrected chi connectivity index (χ3v) is 16.6. The number of rotatable bonds is 0. The number of hydrogen-bond donors (Lipinski definition) is 2. The summed E-state index contributed by atoms with van der Waals surface area (Å²) in [6.07, 6.45) is 0. The largest absolute Gasteiger partial charge is 0.352 e. The van der Waals surface area contributed by atoms with Gasteiger partial charge in [0.2, 0.25) is 0 Å². The molecule has 0 amide bonds. The summed E-state index contributed by atoms with van der Waals surface area (Å²) < 4.78 is 9.56. The van der Waals surface area contributed by atoms with Gasteiger partial charge >= 0.3 is 0 Å². The molecule has 0 aromatic carbocycles. The van der Waals surface area contributed by atoms with Crippen molar-refractivity contribution in [3.8, 4) is 0 Å². The van der Waals surface area contributed by atoms with E-state index in [4.69, 9.17) is 9.97 Å². The predicted molar refractivity (Wildman–Crippen MR) is 192 cm³/mol. The van der Waals surface area contributed by atoms with E-state index in [-0.39, 0.29) is 0 Å². The van der Waals surface area contributed by atoms with Crippen LogP contribution in [0.25, 0.3) is 40.0 Å². The molecule has 36 heavy (non-hydrogen) atoms. The smallest absolute Gasteiger partial charge is 0.0956 e. The van der Waals surface area contributed by atoms with E-state index in [2.05, 4.69) is 201 Å². The van der Waals surface area contributed by atoms with Crippen LogP contribution in [0.2, 0.25) is 0 Å². The van der Waals surface area contributed by atoms with Crippen molar-refractivity contribution in [2.75, 3.05) is 0 Å². The Bertz CT molecular complexity index is 1640. The monoisotopic (exact) mass is 1250 g/mol. The van der Waals surface area contributed by atoms with Gasteiger partial charge in [-0.15, -0.1) is 0 Å². The van der Waals surface area contributed by atoms with Crippen LogP contribution in [0.15, 0.2) is 35.8 Å². The lowest BCUT2D eigenvalue weighted by atomic mass is 10.3. The van der Waals surface area contributed by atoms with Crippen LogP contribution in [0.5, 0.6) is 0 Å². The molecule has 2 aliphatic heterocycles. The average molecular weight is 1260 g/mol. The number of fused-ring (bicyclic) bond motifs is 8. The third-order valence-electron chi connectivity index (χ3n) is 5.14. The summed E-state index contributed by atoms with van der Waals surface area (Å²) in [5.74, 6) is 0. The zero-order valence-electron chi connectivity index (χ0n) is 16.4. The van der Waals surface area contributed by atoms with E-state index in [1.807, 2.05) is 0 Å². The van der Waals surface area contributed by atoms with Crippen molar-refractivity contribution >= 4 is 231 Å². The first-order valence-corrected chi connectivity index (χ1v) is 18.7. The maximum Gasteiger partial charge on any atom is 0.0956 e. The first-order valence-electron chi connectivity index (χ1n) is 9.16. The molecule has 0 saturated heterocycles. The van der Waals surface area contributed by atoms with Crippen molar-refractivity contribution in [3.63, 3.8) is 0 Å². The van der Waals surface area contributed by atoms with Crippen LogP contribution in [-0.2, 0) is 0 Å². The van der Waals surface area contributed by atoms with Gasteiger partial charge in [-0.05, 0) is 191 Å². The van der Waals surface area contributed by atoms with Crippen molar-refractivity contribution in [1.29, 1.82) is 0 Å². The fraction of sp³-hybridized carbons (Fsp3) is 0. The summed E-state index contributed by atoms with van der Waals surface area (Å²) in [6, 6.07) is 0. The average Bonchev–Trinajstić information content (AvgIpc) is 3.52. The molecule has 0 atom stereocenters. The number of aromatic amines is 2. The molecule has 0 fully saturated rings. The van der Waals surface area contributed by atoms with Crippen LogP contribution in [0.3, 0.4) is 0 Å². The lowest BCUT2D eigenvalue weighted by Gasteiger charge is -1.98. The zero-order valence-corrected chi connectivity index (χ0v) is 35.5. The Morgan fingerprint density at radius 2 is 0.556 bits per heavy atom. The summed E-state index contributed by atoms with van der Waals surface area (Å²) in [7, 11) is 0. The second kappa shape index (κ2) is 11.2. The van der Waals surface area contributed by atoms with Crippen molar-refractivity contribution in [2.24, 2.45) is 0 Å². The number of hydrogen-bond acceptors (Lipinski definition) is 2. The fourth-order valence-electron chi connectivity index (χ4n) is 3.40. The van der Waals surface area contributed by atoms with E-state index in [9.17, 15) is 0 Å². The number of halogens is 12. The van der Waals surface area contributed by atoms with Crippen LogP contribution in [-0.4, -0.2) is 19.9 Å². The predicted octanol–water partition coefficient (Wildman–Crippen LogP) is 13.6. The first kappa shape index (κ1) is 29.8. The van der Waals surface area contributed by atoms with Crippen molar-refractivity contribution in [3.05, 3.63) is 58.6 Å². The van der Waals surface area contributed by atoms with E-state index < -0.39 is 0 Å². The van der Waals surface area contributed by atoms with E-state index >= 15 is 0 Å². The van der Waals surface area contributed by atoms with Crippen LogP contribution < -0.4 is 0 Å². The molecule has 8 bridgehead atoms. The Morgan fingerprint density at radius 1 is 0.306 bits per heavy atom. The number of H-pyrrole nitrogens is 2. The van der Waals surface area contributed by atoms with Gasteiger partial charge in [0.1, 0.15) is 0 Å². The quantitative estimate of drug-likeness (QED) is 0.236. The molecule has 5 heterocycles. The topological polar surface area (TPSA) is 57.4 Å². The molecule has 0 radical (unpaired) electrons. The van der Waals surface area contributed by atoms with Gasteiger partial charge in [0, 0.05) is 0 Å². The van der Waals surface area contributed by atoms with Gasteiger partial charge in [-0.1, -0.05) is 0 Å². The Morgan fingerprint density at radius 3 is 0.861 bits per heavy atom. The minimum absolute atomic E-state index is 0.690. The van der Waals surface area contributed by atoms with E-state index in [1.165, 1.54) is 0 Å². The highest BCUT2D eigenvalue weighted by Gasteiger charge is 2.28. The van der Waals surface area contributed by atoms with Gasteiger partial charge in [0.05, 0.1) is 98.6 Å². The lowest BCUT2D eigenvalue weighted by molar-refractivity contribution is 1.24. The second-order valence-corrected chi connectivity index (χ2v) is 16.7. The fourth-order valence-corrected chi connectivity index (χ4v) is 11.8. The van der Waals surface area contributed by atoms with E-state index in [1.54, 1.807) is 0 Å². The SMILES string of the molecule is BrC1=C(Br)c2nc1c(Br)c1nc(c(Br)c3[nH]c(c(Br)c3Br)c(Br)c3[nH]c(c2Br)c(Br)c3Br)C(Br)=C1Br. The number of aromatic nitrogens is 4. The van der Waals surface area contributed by atoms with Crippen LogP contribution in [0.1, 0.15) is 22.8 Å². The van der Waals surface area contributed by atoms with Crippen LogP contribution in [0, 0.1) is 0 Å². The maximum absolute atomic E-state index is 4.94. The molecule has 0 saturated carbocycles. The van der Waals surface area contributed by atoms with Gasteiger partial charge in [-0.25, -0.2) is 9.97 Å². The summed E-state index contributed by atoms with van der Waals surface area (Å²) in [4.78, 5) is 16.9. The minimum Gasteiger partial charge on any atom is -0.352 e. The summed E-state index contributed by atoms with van der Waals surface area (Å²) in [6.45, 7) is 0. The van der Waals surface area contributed by atoms with Crippen molar-refractivity contribution in [1.82, 2.24) is 19.9 Å². The summed E-state index contributed by atoms with van der Waals surface area (Å²) in [5, 5.41) is 0. The highest BCUT2D eigenvalue weighted by atomic mass is 79.9. The molecular weight excluding hydrogens is 1260 g/mol. The molecule has 3 aromatic rings. The Balaban J connectivity index is 2.14. The molecule has 0 unspecified atom stereocenters.